The second kappa shape index (κ2) is 7.44. The van der Waals surface area contributed by atoms with E-state index >= 15 is 0 Å². The molecule has 20 heavy (non-hydrogen) atoms. The molecule has 2 saturated carbocycles. The van der Waals surface area contributed by atoms with Gasteiger partial charge in [-0.05, 0) is 63.8 Å². The lowest BCUT2D eigenvalue weighted by molar-refractivity contribution is -0.140. The molecule has 1 amide bonds. The molecule has 0 aromatic carbocycles. The van der Waals surface area contributed by atoms with Crippen molar-refractivity contribution in [3.8, 4) is 0 Å². The average Bonchev–Trinajstić information content (AvgIpc) is 2.49. The third kappa shape index (κ3) is 3.55. The molecule has 2 unspecified atom stereocenters. The minimum absolute atomic E-state index is 0.284. The van der Waals surface area contributed by atoms with E-state index in [1.165, 1.54) is 32.1 Å². The SMILES string of the molecule is CCN(C(=O)C1CCC(C)CC1)C1CCCCC1CN. The molecule has 0 saturated heterocycles. The summed E-state index contributed by atoms with van der Waals surface area (Å²) in [4.78, 5) is 15.1. The molecule has 0 heterocycles. The van der Waals surface area contributed by atoms with Gasteiger partial charge in [-0.3, -0.25) is 4.79 Å². The van der Waals surface area contributed by atoms with Crippen molar-refractivity contribution in [1.29, 1.82) is 0 Å². The lowest BCUT2D eigenvalue weighted by Crippen LogP contribution is -2.50. The van der Waals surface area contributed by atoms with Crippen LogP contribution in [0.25, 0.3) is 0 Å². The molecule has 2 fully saturated rings. The Labute approximate surface area is 124 Å². The van der Waals surface area contributed by atoms with Crippen LogP contribution in [0, 0.1) is 17.8 Å². The maximum atomic E-state index is 12.9. The highest BCUT2D eigenvalue weighted by molar-refractivity contribution is 5.79. The molecular formula is C17H32N2O. The summed E-state index contributed by atoms with van der Waals surface area (Å²) in [6.07, 6.45) is 9.53. The summed E-state index contributed by atoms with van der Waals surface area (Å²) < 4.78 is 0. The summed E-state index contributed by atoms with van der Waals surface area (Å²) in [6.45, 7) is 6.03. The van der Waals surface area contributed by atoms with Gasteiger partial charge in [-0.1, -0.05) is 19.8 Å². The monoisotopic (exact) mass is 280 g/mol. The molecule has 0 aliphatic heterocycles. The zero-order valence-corrected chi connectivity index (χ0v) is 13.3. The number of hydrogen-bond donors (Lipinski definition) is 1. The molecule has 0 aromatic rings. The molecule has 2 aliphatic rings. The first kappa shape index (κ1) is 15.8. The molecule has 0 aromatic heterocycles. The fourth-order valence-electron chi connectivity index (χ4n) is 4.17. The number of nitrogens with zero attached hydrogens (tertiary/aromatic N) is 1. The second-order valence-corrected chi connectivity index (χ2v) is 6.93. The first-order valence-corrected chi connectivity index (χ1v) is 8.67. The summed E-state index contributed by atoms with van der Waals surface area (Å²) in [5, 5.41) is 0. The van der Waals surface area contributed by atoms with Gasteiger partial charge in [0.2, 0.25) is 5.91 Å². The fraction of sp³-hybridized carbons (Fsp3) is 0.941. The van der Waals surface area contributed by atoms with Crippen LogP contribution in [0.15, 0.2) is 0 Å². The van der Waals surface area contributed by atoms with Gasteiger partial charge in [0.05, 0.1) is 0 Å². The number of nitrogens with two attached hydrogens (primary N) is 1. The molecule has 3 heteroatoms. The molecule has 2 aliphatic carbocycles. The van der Waals surface area contributed by atoms with Crippen molar-refractivity contribution >= 4 is 5.91 Å². The standard InChI is InChI=1S/C17H32N2O/c1-3-19(16-7-5-4-6-15(16)12-18)17(20)14-10-8-13(2)9-11-14/h13-16H,3-12,18H2,1-2H3. The molecule has 2 N–H and O–H groups in total. The highest BCUT2D eigenvalue weighted by atomic mass is 16.2. The van der Waals surface area contributed by atoms with Crippen LogP contribution in [0.3, 0.4) is 0 Å². The predicted octanol–water partition coefficient (Wildman–Crippen LogP) is 3.18. The summed E-state index contributed by atoms with van der Waals surface area (Å²) in [6, 6.07) is 0.408. The first-order chi connectivity index (χ1) is 9.67. The quantitative estimate of drug-likeness (QED) is 0.859. The van der Waals surface area contributed by atoms with Gasteiger partial charge in [-0.2, -0.15) is 0 Å². The molecule has 2 atom stereocenters. The zero-order chi connectivity index (χ0) is 14.5. The van der Waals surface area contributed by atoms with Crippen LogP contribution < -0.4 is 5.73 Å². The lowest BCUT2D eigenvalue weighted by Gasteiger charge is -2.41. The summed E-state index contributed by atoms with van der Waals surface area (Å²) in [7, 11) is 0. The molecule has 0 bridgehead atoms. The van der Waals surface area contributed by atoms with Gasteiger partial charge in [0, 0.05) is 18.5 Å². The van der Waals surface area contributed by atoms with Gasteiger partial charge >= 0.3 is 0 Å². The van der Waals surface area contributed by atoms with Crippen molar-refractivity contribution in [3.63, 3.8) is 0 Å². The van der Waals surface area contributed by atoms with Crippen molar-refractivity contribution in [2.45, 2.75) is 71.3 Å². The molecule has 116 valence electrons. The van der Waals surface area contributed by atoms with E-state index in [2.05, 4.69) is 18.7 Å². The Hall–Kier alpha value is -0.570. The Bertz CT molecular complexity index is 310. The van der Waals surface area contributed by atoms with Crippen molar-refractivity contribution in [2.24, 2.45) is 23.5 Å². The number of amides is 1. The smallest absolute Gasteiger partial charge is 0.225 e. The van der Waals surface area contributed by atoms with Crippen molar-refractivity contribution in [3.05, 3.63) is 0 Å². The first-order valence-electron chi connectivity index (χ1n) is 8.67. The van der Waals surface area contributed by atoms with Crippen LogP contribution in [0.2, 0.25) is 0 Å². The molecular weight excluding hydrogens is 248 g/mol. The summed E-state index contributed by atoms with van der Waals surface area (Å²) in [5.41, 5.74) is 5.94. The van der Waals surface area contributed by atoms with E-state index in [1.54, 1.807) is 0 Å². The van der Waals surface area contributed by atoms with Crippen LogP contribution >= 0.6 is 0 Å². The highest BCUT2D eigenvalue weighted by Gasteiger charge is 2.35. The number of carbonyl (C=O) groups excluding carboxylic acids is 1. The highest BCUT2D eigenvalue weighted by Crippen LogP contribution is 2.33. The van der Waals surface area contributed by atoms with E-state index in [9.17, 15) is 4.79 Å². The molecule has 0 spiro atoms. The van der Waals surface area contributed by atoms with Gasteiger partial charge < -0.3 is 10.6 Å². The Morgan fingerprint density at radius 1 is 1.10 bits per heavy atom. The van der Waals surface area contributed by atoms with Crippen LogP contribution in [0.1, 0.15) is 65.2 Å². The van der Waals surface area contributed by atoms with E-state index in [-0.39, 0.29) is 5.92 Å². The maximum Gasteiger partial charge on any atom is 0.225 e. The van der Waals surface area contributed by atoms with Crippen molar-refractivity contribution in [2.75, 3.05) is 13.1 Å². The third-order valence-corrected chi connectivity index (χ3v) is 5.56. The predicted molar refractivity (Wildman–Crippen MR) is 83.3 cm³/mol. The van der Waals surface area contributed by atoms with Crippen molar-refractivity contribution in [1.82, 2.24) is 4.90 Å². The Kier molecular flexibility index (Phi) is 5.88. The Morgan fingerprint density at radius 3 is 2.35 bits per heavy atom. The van der Waals surface area contributed by atoms with Gasteiger partial charge in [0.1, 0.15) is 0 Å². The second-order valence-electron chi connectivity index (χ2n) is 6.93. The number of hydrogen-bond acceptors (Lipinski definition) is 2. The van der Waals surface area contributed by atoms with E-state index in [0.717, 1.165) is 38.3 Å². The minimum Gasteiger partial charge on any atom is -0.339 e. The van der Waals surface area contributed by atoms with E-state index in [0.29, 0.717) is 17.9 Å². The largest absolute Gasteiger partial charge is 0.339 e. The average molecular weight is 280 g/mol. The maximum absolute atomic E-state index is 12.9. The molecule has 3 nitrogen and oxygen atoms in total. The third-order valence-electron chi connectivity index (χ3n) is 5.56. The van der Waals surface area contributed by atoms with Gasteiger partial charge in [0.25, 0.3) is 0 Å². The fourth-order valence-corrected chi connectivity index (χ4v) is 4.17. The van der Waals surface area contributed by atoms with Crippen LogP contribution in [0.4, 0.5) is 0 Å². The topological polar surface area (TPSA) is 46.3 Å². The number of carbonyl (C=O) groups is 1. The lowest BCUT2D eigenvalue weighted by atomic mass is 9.80. The molecule has 2 rings (SSSR count). The Balaban J connectivity index is 2.00. The number of rotatable bonds is 4. The summed E-state index contributed by atoms with van der Waals surface area (Å²) >= 11 is 0. The normalized spacial score (nSPS) is 34.8. The van der Waals surface area contributed by atoms with Gasteiger partial charge in [-0.25, -0.2) is 0 Å². The minimum atomic E-state index is 0.284. The van der Waals surface area contributed by atoms with Crippen LogP contribution in [-0.4, -0.2) is 29.9 Å². The van der Waals surface area contributed by atoms with Gasteiger partial charge in [-0.15, -0.1) is 0 Å². The van der Waals surface area contributed by atoms with Gasteiger partial charge in [0.15, 0.2) is 0 Å². The summed E-state index contributed by atoms with van der Waals surface area (Å²) in [5.74, 6) is 2.03. The van der Waals surface area contributed by atoms with Crippen LogP contribution in [-0.2, 0) is 4.79 Å². The van der Waals surface area contributed by atoms with E-state index < -0.39 is 0 Å². The zero-order valence-electron chi connectivity index (χ0n) is 13.3. The van der Waals surface area contributed by atoms with E-state index in [4.69, 9.17) is 5.73 Å². The Morgan fingerprint density at radius 2 is 1.75 bits per heavy atom. The molecule has 0 radical (unpaired) electrons. The van der Waals surface area contributed by atoms with Crippen LogP contribution in [0.5, 0.6) is 0 Å². The van der Waals surface area contributed by atoms with E-state index in [1.807, 2.05) is 0 Å². The van der Waals surface area contributed by atoms with Crippen molar-refractivity contribution < 1.29 is 4.79 Å².